The third-order valence-corrected chi connectivity index (χ3v) is 4.96. The Hall–Kier alpha value is -2.67. The molecule has 0 aliphatic rings. The minimum atomic E-state index is -1.93. The number of aromatic hydroxyl groups is 1. The van der Waals surface area contributed by atoms with Gasteiger partial charge >= 0.3 is 0 Å². The number of carbonyl (C=O) groups excluding carboxylic acids is 1. The maximum absolute atomic E-state index is 12.9. The first-order valence-corrected chi connectivity index (χ1v) is 9.45. The van der Waals surface area contributed by atoms with Crippen LogP contribution in [0.2, 0.25) is 5.02 Å². The van der Waals surface area contributed by atoms with Crippen molar-refractivity contribution in [2.45, 2.75) is 5.60 Å². The molecule has 0 atom stereocenters. The molecule has 0 saturated heterocycles. The van der Waals surface area contributed by atoms with Crippen LogP contribution >= 0.6 is 27.5 Å². The summed E-state index contributed by atoms with van der Waals surface area (Å²) in [5.41, 5.74) is 1.53. The number of phenolic OH excluding ortho intramolecular Hbond substituents is 1. The maximum atomic E-state index is 12.9. The quantitative estimate of drug-likeness (QED) is 0.395. The zero-order chi connectivity index (χ0) is 20.1. The minimum Gasteiger partial charge on any atom is -0.506 e. The Morgan fingerprint density at radius 2 is 1.57 bits per heavy atom. The lowest BCUT2D eigenvalue weighted by Gasteiger charge is -2.27. The van der Waals surface area contributed by atoms with E-state index >= 15 is 0 Å². The van der Waals surface area contributed by atoms with Crippen LogP contribution in [0.5, 0.6) is 5.75 Å². The van der Waals surface area contributed by atoms with Gasteiger partial charge in [0.2, 0.25) is 0 Å². The maximum Gasteiger partial charge on any atom is 0.281 e. The summed E-state index contributed by atoms with van der Waals surface area (Å²) in [5, 5.41) is 25.6. The SMILES string of the molecule is O=C(N/N=C\c1cc(Cl)cc(Br)c1O)C(O)(c1ccccc1)c1ccccc1. The van der Waals surface area contributed by atoms with Crippen molar-refractivity contribution in [3.8, 4) is 5.75 Å². The van der Waals surface area contributed by atoms with Gasteiger partial charge in [-0.3, -0.25) is 4.79 Å². The highest BCUT2D eigenvalue weighted by Crippen LogP contribution is 2.31. The molecule has 0 unspecified atom stereocenters. The molecule has 0 aliphatic heterocycles. The van der Waals surface area contributed by atoms with Gasteiger partial charge in [-0.1, -0.05) is 72.3 Å². The Bertz CT molecular complexity index is 971. The molecular formula is C21H16BrClN2O3. The Labute approximate surface area is 175 Å². The summed E-state index contributed by atoms with van der Waals surface area (Å²) in [6.45, 7) is 0. The molecular weight excluding hydrogens is 444 g/mol. The number of halogens is 2. The van der Waals surface area contributed by atoms with Crippen LogP contribution in [0.15, 0.2) is 82.4 Å². The van der Waals surface area contributed by atoms with Crippen molar-refractivity contribution in [3.05, 3.63) is 99.0 Å². The van der Waals surface area contributed by atoms with E-state index in [-0.39, 0.29) is 5.75 Å². The third-order valence-electron chi connectivity index (χ3n) is 4.14. The number of amides is 1. The lowest BCUT2D eigenvalue weighted by Crippen LogP contribution is -2.43. The van der Waals surface area contributed by atoms with E-state index in [0.29, 0.717) is 26.2 Å². The topological polar surface area (TPSA) is 81.9 Å². The van der Waals surface area contributed by atoms with Crippen LogP contribution in [-0.2, 0) is 10.4 Å². The van der Waals surface area contributed by atoms with Gasteiger partial charge in [0.05, 0.1) is 10.7 Å². The Kier molecular flexibility index (Phi) is 6.14. The number of carbonyl (C=O) groups is 1. The molecule has 0 aliphatic carbocycles. The van der Waals surface area contributed by atoms with E-state index in [2.05, 4.69) is 26.5 Å². The summed E-state index contributed by atoms with van der Waals surface area (Å²) in [6.07, 6.45) is 1.25. The van der Waals surface area contributed by atoms with Gasteiger partial charge in [0.15, 0.2) is 5.60 Å². The molecule has 0 bridgehead atoms. The zero-order valence-corrected chi connectivity index (χ0v) is 16.9. The van der Waals surface area contributed by atoms with Crippen LogP contribution in [0.1, 0.15) is 16.7 Å². The predicted octanol–water partition coefficient (Wildman–Crippen LogP) is 4.19. The van der Waals surface area contributed by atoms with Crippen molar-refractivity contribution in [1.82, 2.24) is 5.43 Å². The second-order valence-corrected chi connectivity index (χ2v) is 7.26. The molecule has 0 aromatic heterocycles. The fourth-order valence-corrected chi connectivity index (χ4v) is 3.55. The van der Waals surface area contributed by atoms with Crippen LogP contribution in [0, 0.1) is 0 Å². The number of hydrogen-bond donors (Lipinski definition) is 3. The highest BCUT2D eigenvalue weighted by Gasteiger charge is 2.39. The second kappa shape index (κ2) is 8.56. The number of nitrogens with one attached hydrogen (secondary N) is 1. The van der Waals surface area contributed by atoms with E-state index in [0.717, 1.165) is 0 Å². The van der Waals surface area contributed by atoms with Gasteiger partial charge in [-0.15, -0.1) is 0 Å². The minimum absolute atomic E-state index is 0.0659. The molecule has 0 fully saturated rings. The molecule has 0 radical (unpaired) electrons. The second-order valence-electron chi connectivity index (χ2n) is 5.97. The van der Waals surface area contributed by atoms with Gasteiger partial charge in [-0.2, -0.15) is 5.10 Å². The Balaban J connectivity index is 1.91. The fourth-order valence-electron chi connectivity index (χ4n) is 2.71. The van der Waals surface area contributed by atoms with Gasteiger partial charge in [-0.05, 0) is 39.2 Å². The molecule has 1 amide bonds. The number of hydrazone groups is 1. The fraction of sp³-hybridized carbons (Fsp3) is 0.0476. The lowest BCUT2D eigenvalue weighted by atomic mass is 9.85. The Morgan fingerprint density at radius 1 is 1.04 bits per heavy atom. The lowest BCUT2D eigenvalue weighted by molar-refractivity contribution is -0.136. The van der Waals surface area contributed by atoms with Crippen LogP contribution < -0.4 is 5.43 Å². The van der Waals surface area contributed by atoms with Gasteiger partial charge in [0, 0.05) is 10.6 Å². The average molecular weight is 460 g/mol. The van der Waals surface area contributed by atoms with Crippen molar-refractivity contribution in [2.75, 3.05) is 0 Å². The van der Waals surface area contributed by atoms with Gasteiger partial charge < -0.3 is 10.2 Å². The Morgan fingerprint density at radius 3 is 2.11 bits per heavy atom. The van der Waals surface area contributed by atoms with Gasteiger partial charge in [0.25, 0.3) is 5.91 Å². The average Bonchev–Trinajstić information content (AvgIpc) is 2.72. The highest BCUT2D eigenvalue weighted by molar-refractivity contribution is 9.10. The molecule has 0 spiro atoms. The number of rotatable bonds is 5. The summed E-state index contributed by atoms with van der Waals surface area (Å²) in [7, 11) is 0. The standard InChI is InChI=1S/C21H16BrClN2O3/c22-18-12-17(23)11-14(19(18)26)13-24-25-20(27)21(28,15-7-3-1-4-8-15)16-9-5-2-6-10-16/h1-13,26,28H,(H,25,27)/b24-13-. The predicted molar refractivity (Wildman–Crippen MR) is 112 cm³/mol. The molecule has 142 valence electrons. The van der Waals surface area contributed by atoms with Crippen molar-refractivity contribution < 1.29 is 15.0 Å². The summed E-state index contributed by atoms with van der Waals surface area (Å²) in [6, 6.07) is 20.2. The van der Waals surface area contributed by atoms with Crippen molar-refractivity contribution >= 4 is 39.7 Å². The van der Waals surface area contributed by atoms with Crippen molar-refractivity contribution in [1.29, 1.82) is 0 Å². The molecule has 3 aromatic carbocycles. The highest BCUT2D eigenvalue weighted by atomic mass is 79.9. The molecule has 3 N–H and O–H groups in total. The van der Waals surface area contributed by atoms with Gasteiger partial charge in [0.1, 0.15) is 5.75 Å². The first kappa shape index (κ1) is 20.1. The van der Waals surface area contributed by atoms with Crippen LogP contribution in [0.4, 0.5) is 0 Å². The summed E-state index contributed by atoms with van der Waals surface area (Å²) in [5.74, 6) is -0.800. The summed E-state index contributed by atoms with van der Waals surface area (Å²) < 4.78 is 0.401. The molecule has 3 rings (SSSR count). The monoisotopic (exact) mass is 458 g/mol. The third kappa shape index (κ3) is 4.09. The summed E-state index contributed by atoms with van der Waals surface area (Å²) in [4.78, 5) is 12.9. The van der Waals surface area contributed by atoms with Gasteiger partial charge in [-0.25, -0.2) is 5.43 Å². The largest absolute Gasteiger partial charge is 0.506 e. The normalized spacial score (nSPS) is 11.5. The number of benzene rings is 3. The molecule has 0 heterocycles. The number of nitrogens with zero attached hydrogens (tertiary/aromatic N) is 1. The van der Waals surface area contributed by atoms with E-state index in [4.69, 9.17) is 11.6 Å². The van der Waals surface area contributed by atoms with Crippen molar-refractivity contribution in [3.63, 3.8) is 0 Å². The van der Waals surface area contributed by atoms with E-state index < -0.39 is 11.5 Å². The van der Waals surface area contributed by atoms with Crippen LogP contribution in [0.3, 0.4) is 0 Å². The molecule has 7 heteroatoms. The molecule has 28 heavy (non-hydrogen) atoms. The number of phenols is 1. The smallest absolute Gasteiger partial charge is 0.281 e. The first-order chi connectivity index (χ1) is 13.4. The summed E-state index contributed by atoms with van der Waals surface area (Å²) >= 11 is 9.15. The van der Waals surface area contributed by atoms with E-state index in [1.807, 2.05) is 0 Å². The zero-order valence-electron chi connectivity index (χ0n) is 14.5. The number of hydrogen-bond acceptors (Lipinski definition) is 4. The molecule has 3 aromatic rings. The van der Waals surface area contributed by atoms with E-state index in [1.165, 1.54) is 18.3 Å². The van der Waals surface area contributed by atoms with Crippen LogP contribution in [0.25, 0.3) is 0 Å². The first-order valence-electron chi connectivity index (χ1n) is 8.28. The van der Waals surface area contributed by atoms with E-state index in [9.17, 15) is 15.0 Å². The van der Waals surface area contributed by atoms with Crippen LogP contribution in [-0.4, -0.2) is 22.3 Å². The van der Waals surface area contributed by atoms with Crippen molar-refractivity contribution in [2.24, 2.45) is 5.10 Å². The molecule has 5 nitrogen and oxygen atoms in total. The molecule has 0 saturated carbocycles. The van der Waals surface area contributed by atoms with E-state index in [1.54, 1.807) is 60.7 Å². The number of aliphatic hydroxyl groups is 1.